The molecule has 1 aromatic carbocycles. The minimum atomic E-state index is 0.801. The van der Waals surface area contributed by atoms with E-state index in [1.807, 2.05) is 0 Å². The van der Waals surface area contributed by atoms with Crippen molar-refractivity contribution in [3.8, 4) is 0 Å². The van der Waals surface area contributed by atoms with Gasteiger partial charge in [0.25, 0.3) is 0 Å². The third-order valence-corrected chi connectivity index (χ3v) is 2.96. The molecule has 1 aromatic rings. The van der Waals surface area contributed by atoms with Crippen LogP contribution in [0.25, 0.3) is 0 Å². The Morgan fingerprint density at radius 1 is 1.12 bits per heavy atom. The van der Waals surface area contributed by atoms with Gasteiger partial charge in [-0.3, -0.25) is 0 Å². The molecule has 0 spiro atoms. The molecule has 0 amide bonds. The topological polar surface area (TPSA) is 29.3 Å². The van der Waals surface area contributed by atoms with Gasteiger partial charge in [0.1, 0.15) is 0 Å². The number of benzene rings is 1. The molecular weight excluding hydrogens is 196 g/mol. The lowest BCUT2D eigenvalue weighted by Gasteiger charge is -2.21. The van der Waals surface area contributed by atoms with Crippen LogP contribution >= 0.6 is 0 Å². The van der Waals surface area contributed by atoms with Crippen molar-refractivity contribution < 1.29 is 0 Å². The molecule has 0 aliphatic carbocycles. The number of aryl methyl sites for hydroxylation is 1. The van der Waals surface area contributed by atoms with E-state index in [0.29, 0.717) is 0 Å². The molecule has 1 rings (SSSR count). The molecule has 0 saturated carbocycles. The minimum Gasteiger partial charge on any atom is -0.372 e. The van der Waals surface area contributed by atoms with Crippen molar-refractivity contribution in [3.63, 3.8) is 0 Å². The largest absolute Gasteiger partial charge is 0.372 e. The fourth-order valence-electron chi connectivity index (χ4n) is 1.97. The van der Waals surface area contributed by atoms with Crippen molar-refractivity contribution in [2.24, 2.45) is 5.73 Å². The third kappa shape index (κ3) is 3.86. The second-order valence-corrected chi connectivity index (χ2v) is 4.09. The Labute approximate surface area is 99.5 Å². The van der Waals surface area contributed by atoms with Crippen molar-refractivity contribution in [3.05, 3.63) is 29.8 Å². The standard InChI is InChI=1S/C14H24N2/c1-3-16(4-2)14-10-7-9-13(12-14)8-5-6-11-15/h7,9-10,12H,3-6,8,11,15H2,1-2H3. The first-order valence-electron chi connectivity index (χ1n) is 6.35. The zero-order chi connectivity index (χ0) is 11.8. The highest BCUT2D eigenvalue weighted by atomic mass is 15.1. The normalized spacial score (nSPS) is 10.4. The number of hydrogen-bond donors (Lipinski definition) is 1. The lowest BCUT2D eigenvalue weighted by Crippen LogP contribution is -2.21. The van der Waals surface area contributed by atoms with Crippen molar-refractivity contribution in [1.29, 1.82) is 0 Å². The van der Waals surface area contributed by atoms with Crippen LogP contribution in [-0.2, 0) is 6.42 Å². The summed E-state index contributed by atoms with van der Waals surface area (Å²) in [6.45, 7) is 7.34. The van der Waals surface area contributed by atoms with E-state index in [1.54, 1.807) is 0 Å². The highest BCUT2D eigenvalue weighted by molar-refractivity contribution is 5.48. The summed E-state index contributed by atoms with van der Waals surface area (Å²) < 4.78 is 0. The second kappa shape index (κ2) is 7.29. The third-order valence-electron chi connectivity index (χ3n) is 2.96. The lowest BCUT2D eigenvalue weighted by atomic mass is 10.1. The Kier molecular flexibility index (Phi) is 5.94. The number of rotatable bonds is 7. The van der Waals surface area contributed by atoms with Gasteiger partial charge in [0.05, 0.1) is 0 Å². The number of hydrogen-bond acceptors (Lipinski definition) is 2. The van der Waals surface area contributed by atoms with Gasteiger partial charge in [0.15, 0.2) is 0 Å². The van der Waals surface area contributed by atoms with Gasteiger partial charge in [0.2, 0.25) is 0 Å². The fraction of sp³-hybridized carbons (Fsp3) is 0.571. The SMILES string of the molecule is CCN(CC)c1cccc(CCCCN)c1. The monoisotopic (exact) mass is 220 g/mol. The van der Waals surface area contributed by atoms with Crippen LogP contribution in [0.4, 0.5) is 5.69 Å². The number of unbranched alkanes of at least 4 members (excludes halogenated alkanes) is 1. The molecule has 2 N–H and O–H groups in total. The van der Waals surface area contributed by atoms with E-state index < -0.39 is 0 Å². The maximum Gasteiger partial charge on any atom is 0.0368 e. The summed E-state index contributed by atoms with van der Waals surface area (Å²) in [6.07, 6.45) is 3.46. The number of anilines is 1. The van der Waals surface area contributed by atoms with Crippen LogP contribution < -0.4 is 10.6 Å². The van der Waals surface area contributed by atoms with Crippen LogP contribution in [0.15, 0.2) is 24.3 Å². The van der Waals surface area contributed by atoms with Gasteiger partial charge in [-0.1, -0.05) is 12.1 Å². The van der Waals surface area contributed by atoms with Gasteiger partial charge in [-0.05, 0) is 57.4 Å². The Balaban J connectivity index is 2.62. The summed E-state index contributed by atoms with van der Waals surface area (Å²) >= 11 is 0. The van der Waals surface area contributed by atoms with Crippen molar-refractivity contribution in [2.45, 2.75) is 33.1 Å². The molecule has 0 fully saturated rings. The molecule has 0 aromatic heterocycles. The van der Waals surface area contributed by atoms with E-state index in [4.69, 9.17) is 5.73 Å². The van der Waals surface area contributed by atoms with E-state index >= 15 is 0 Å². The molecule has 0 aliphatic rings. The van der Waals surface area contributed by atoms with Crippen LogP contribution in [0.5, 0.6) is 0 Å². The zero-order valence-electron chi connectivity index (χ0n) is 10.6. The fourth-order valence-corrected chi connectivity index (χ4v) is 1.97. The van der Waals surface area contributed by atoms with E-state index in [2.05, 4.69) is 43.0 Å². The highest BCUT2D eigenvalue weighted by Crippen LogP contribution is 2.17. The Morgan fingerprint density at radius 3 is 2.50 bits per heavy atom. The second-order valence-electron chi connectivity index (χ2n) is 4.09. The molecule has 2 heteroatoms. The van der Waals surface area contributed by atoms with Crippen LogP contribution in [0, 0.1) is 0 Å². The molecule has 0 radical (unpaired) electrons. The van der Waals surface area contributed by atoms with Gasteiger partial charge in [0, 0.05) is 18.8 Å². The van der Waals surface area contributed by atoms with Crippen LogP contribution in [0.2, 0.25) is 0 Å². The van der Waals surface area contributed by atoms with Gasteiger partial charge >= 0.3 is 0 Å². The molecule has 0 unspecified atom stereocenters. The summed E-state index contributed by atoms with van der Waals surface area (Å²) in [7, 11) is 0. The molecule has 0 aliphatic heterocycles. The maximum absolute atomic E-state index is 5.51. The molecule has 2 nitrogen and oxygen atoms in total. The summed E-state index contributed by atoms with van der Waals surface area (Å²) in [5.41, 5.74) is 8.28. The summed E-state index contributed by atoms with van der Waals surface area (Å²) in [4.78, 5) is 2.38. The lowest BCUT2D eigenvalue weighted by molar-refractivity contribution is 0.744. The molecule has 0 saturated heterocycles. The average Bonchev–Trinajstić information content (AvgIpc) is 2.32. The van der Waals surface area contributed by atoms with Crippen molar-refractivity contribution >= 4 is 5.69 Å². The van der Waals surface area contributed by atoms with E-state index in [-0.39, 0.29) is 0 Å². The first-order valence-corrected chi connectivity index (χ1v) is 6.35. The van der Waals surface area contributed by atoms with Crippen LogP contribution in [0.3, 0.4) is 0 Å². The van der Waals surface area contributed by atoms with Gasteiger partial charge in [-0.2, -0.15) is 0 Å². The first-order chi connectivity index (χ1) is 7.81. The average molecular weight is 220 g/mol. The number of nitrogens with two attached hydrogens (primary N) is 1. The van der Waals surface area contributed by atoms with Crippen molar-refractivity contribution in [1.82, 2.24) is 0 Å². The molecule has 0 atom stereocenters. The van der Waals surface area contributed by atoms with Gasteiger partial charge in [-0.25, -0.2) is 0 Å². The van der Waals surface area contributed by atoms with E-state index in [0.717, 1.165) is 32.5 Å². The summed E-state index contributed by atoms with van der Waals surface area (Å²) in [6, 6.07) is 8.87. The molecule has 0 heterocycles. The summed E-state index contributed by atoms with van der Waals surface area (Å²) in [5.74, 6) is 0. The number of nitrogens with zero attached hydrogens (tertiary/aromatic N) is 1. The maximum atomic E-state index is 5.51. The predicted octanol–water partition coefficient (Wildman–Crippen LogP) is 2.81. The summed E-state index contributed by atoms with van der Waals surface area (Å²) in [5, 5.41) is 0. The van der Waals surface area contributed by atoms with Gasteiger partial charge < -0.3 is 10.6 Å². The van der Waals surface area contributed by atoms with E-state index in [9.17, 15) is 0 Å². The quantitative estimate of drug-likeness (QED) is 0.716. The smallest absolute Gasteiger partial charge is 0.0368 e. The Hall–Kier alpha value is -1.02. The highest BCUT2D eigenvalue weighted by Gasteiger charge is 2.02. The zero-order valence-corrected chi connectivity index (χ0v) is 10.6. The van der Waals surface area contributed by atoms with Gasteiger partial charge in [-0.15, -0.1) is 0 Å². The van der Waals surface area contributed by atoms with Crippen LogP contribution in [-0.4, -0.2) is 19.6 Å². The first kappa shape index (κ1) is 13.0. The molecule has 0 bridgehead atoms. The predicted molar refractivity (Wildman–Crippen MR) is 72.0 cm³/mol. The molecule has 90 valence electrons. The Bertz CT molecular complexity index is 293. The molecule has 16 heavy (non-hydrogen) atoms. The van der Waals surface area contributed by atoms with Crippen LogP contribution in [0.1, 0.15) is 32.3 Å². The minimum absolute atomic E-state index is 0.801. The molecular formula is C14H24N2. The Morgan fingerprint density at radius 2 is 1.88 bits per heavy atom. The van der Waals surface area contributed by atoms with Crippen molar-refractivity contribution in [2.75, 3.05) is 24.5 Å². The van der Waals surface area contributed by atoms with E-state index in [1.165, 1.54) is 17.7 Å².